The molecule has 0 aliphatic heterocycles. The fourth-order valence-corrected chi connectivity index (χ4v) is 2.40. The molecule has 0 atom stereocenters. The van der Waals surface area contributed by atoms with Gasteiger partial charge in [0, 0.05) is 18.8 Å². The van der Waals surface area contributed by atoms with E-state index in [0.717, 1.165) is 0 Å². The lowest BCUT2D eigenvalue weighted by molar-refractivity contribution is -0.145. The number of nitrogens with one attached hydrogen (secondary N) is 2. The Bertz CT molecular complexity index is 819. The summed E-state index contributed by atoms with van der Waals surface area (Å²) < 4.78 is 22.6. The third-order valence-corrected chi connectivity index (χ3v) is 3.75. The largest absolute Gasteiger partial charge is 0.493 e. The van der Waals surface area contributed by atoms with E-state index in [1.807, 2.05) is 13.8 Å². The monoisotopic (exact) mass is 407 g/mol. The van der Waals surface area contributed by atoms with Crippen LogP contribution in [0.4, 0.5) is 0 Å². The smallest absolute Gasteiger partial charge is 0.291 e. The molecule has 0 bridgehead atoms. The number of ether oxygens (including phenoxy) is 4. The highest BCUT2D eigenvalue weighted by molar-refractivity contribution is 5.98. The lowest BCUT2D eigenvalue weighted by Gasteiger charge is -2.16. The topological polar surface area (TPSA) is 126 Å². The van der Waals surface area contributed by atoms with Crippen LogP contribution in [-0.4, -0.2) is 60.5 Å². The van der Waals surface area contributed by atoms with Gasteiger partial charge in [-0.1, -0.05) is 5.21 Å². The summed E-state index contributed by atoms with van der Waals surface area (Å²) in [6.07, 6.45) is 0.940. The third kappa shape index (κ3) is 6.16. The average molecular weight is 407 g/mol. The van der Waals surface area contributed by atoms with Crippen molar-refractivity contribution in [1.29, 1.82) is 0 Å². The molecule has 0 aliphatic rings. The van der Waals surface area contributed by atoms with Crippen LogP contribution >= 0.6 is 0 Å². The second kappa shape index (κ2) is 11.0. The van der Waals surface area contributed by atoms with Crippen LogP contribution in [-0.2, 0) is 16.0 Å². The normalized spacial score (nSPS) is 10.7. The maximum Gasteiger partial charge on any atom is 0.291 e. The number of nitrogens with zero attached hydrogens (tertiary/aromatic N) is 3. The van der Waals surface area contributed by atoms with Crippen molar-refractivity contribution in [3.8, 4) is 11.5 Å². The van der Waals surface area contributed by atoms with Gasteiger partial charge in [-0.15, -0.1) is 5.10 Å². The van der Waals surface area contributed by atoms with Gasteiger partial charge in [0.25, 0.3) is 11.8 Å². The van der Waals surface area contributed by atoms with Crippen molar-refractivity contribution < 1.29 is 28.5 Å². The molecule has 2 N–H and O–H groups in total. The first kappa shape index (κ1) is 22.1. The molecule has 1 aromatic heterocycles. The van der Waals surface area contributed by atoms with Crippen molar-refractivity contribution in [3.63, 3.8) is 0 Å². The molecule has 0 aliphatic carbocycles. The zero-order chi connectivity index (χ0) is 21.2. The number of carbonyl (C=O) groups is 2. The number of hydrazine groups is 1. The van der Waals surface area contributed by atoms with Crippen molar-refractivity contribution in [2.24, 2.45) is 0 Å². The number of amides is 2. The first-order valence-electron chi connectivity index (χ1n) is 8.98. The molecule has 0 unspecified atom stereocenters. The number of methoxy groups -OCH3 is 2. The summed E-state index contributed by atoms with van der Waals surface area (Å²) in [5.41, 5.74) is 4.92. The van der Waals surface area contributed by atoms with Gasteiger partial charge in [0.1, 0.15) is 0 Å². The van der Waals surface area contributed by atoms with E-state index in [-0.39, 0.29) is 17.8 Å². The first-order valence-corrected chi connectivity index (χ1v) is 8.98. The molecule has 29 heavy (non-hydrogen) atoms. The van der Waals surface area contributed by atoms with Crippen LogP contribution in [0.3, 0.4) is 0 Å². The van der Waals surface area contributed by atoms with Crippen LogP contribution in [0.2, 0.25) is 0 Å². The maximum atomic E-state index is 12.2. The van der Waals surface area contributed by atoms with Crippen LogP contribution in [0.5, 0.6) is 11.5 Å². The van der Waals surface area contributed by atoms with Gasteiger partial charge in [0.2, 0.25) is 0 Å². The second-order valence-electron chi connectivity index (χ2n) is 5.64. The Morgan fingerprint density at radius 3 is 2.31 bits per heavy atom. The molecule has 1 aromatic carbocycles. The van der Waals surface area contributed by atoms with Crippen molar-refractivity contribution in [1.82, 2.24) is 25.8 Å². The molecule has 11 nitrogen and oxygen atoms in total. The standard InChI is InChI=1S/C18H25N5O6/c1-5-28-16(29-6-2)11-23-10-13(19-22-23)18(25)21-20-17(24)12-7-8-14(26-3)15(9-12)27-4/h7-10,16H,5-6,11H2,1-4H3,(H,20,24)(H,21,25). The Morgan fingerprint density at radius 2 is 1.69 bits per heavy atom. The summed E-state index contributed by atoms with van der Waals surface area (Å²) in [5.74, 6) is -0.261. The summed E-state index contributed by atoms with van der Waals surface area (Å²) in [4.78, 5) is 24.5. The van der Waals surface area contributed by atoms with E-state index in [1.54, 1.807) is 12.1 Å². The minimum absolute atomic E-state index is 0.0318. The first-order chi connectivity index (χ1) is 14.0. The Morgan fingerprint density at radius 1 is 1.03 bits per heavy atom. The van der Waals surface area contributed by atoms with Gasteiger partial charge in [-0.3, -0.25) is 20.4 Å². The molecule has 2 rings (SSSR count). The highest BCUT2D eigenvalue weighted by atomic mass is 16.7. The third-order valence-electron chi connectivity index (χ3n) is 3.75. The molecule has 0 spiro atoms. The molecule has 0 saturated carbocycles. The zero-order valence-electron chi connectivity index (χ0n) is 16.8. The van der Waals surface area contributed by atoms with Gasteiger partial charge in [0.15, 0.2) is 23.5 Å². The predicted octanol–water partition coefficient (Wildman–Crippen LogP) is 0.769. The average Bonchev–Trinajstić information content (AvgIpc) is 3.20. The molecule has 1 heterocycles. The van der Waals surface area contributed by atoms with Gasteiger partial charge >= 0.3 is 0 Å². The van der Waals surface area contributed by atoms with Gasteiger partial charge < -0.3 is 18.9 Å². The van der Waals surface area contributed by atoms with E-state index in [9.17, 15) is 9.59 Å². The number of carbonyl (C=O) groups excluding carboxylic acids is 2. The molecule has 0 saturated heterocycles. The van der Waals surface area contributed by atoms with Gasteiger partial charge in [-0.25, -0.2) is 4.68 Å². The quantitative estimate of drug-likeness (QED) is 0.437. The molecule has 2 aromatic rings. The molecule has 0 fully saturated rings. The highest BCUT2D eigenvalue weighted by Gasteiger charge is 2.16. The van der Waals surface area contributed by atoms with E-state index < -0.39 is 18.1 Å². The highest BCUT2D eigenvalue weighted by Crippen LogP contribution is 2.27. The van der Waals surface area contributed by atoms with Crippen LogP contribution in [0.15, 0.2) is 24.4 Å². The number of rotatable bonds is 10. The summed E-state index contributed by atoms with van der Waals surface area (Å²) >= 11 is 0. The van der Waals surface area contributed by atoms with Crippen molar-refractivity contribution in [2.75, 3.05) is 27.4 Å². The van der Waals surface area contributed by atoms with Crippen LogP contribution in [0, 0.1) is 0 Å². The number of benzene rings is 1. The summed E-state index contributed by atoms with van der Waals surface area (Å²) in [6.45, 7) is 4.95. The lowest BCUT2D eigenvalue weighted by atomic mass is 10.2. The zero-order valence-corrected chi connectivity index (χ0v) is 16.8. The Balaban J connectivity index is 1.94. The second-order valence-corrected chi connectivity index (χ2v) is 5.64. The van der Waals surface area contributed by atoms with Gasteiger partial charge in [-0.05, 0) is 32.0 Å². The molecule has 158 valence electrons. The van der Waals surface area contributed by atoms with Gasteiger partial charge in [-0.2, -0.15) is 0 Å². The lowest BCUT2D eigenvalue weighted by Crippen LogP contribution is -2.41. The Labute approximate surface area is 168 Å². The van der Waals surface area contributed by atoms with Crippen LogP contribution in [0.1, 0.15) is 34.7 Å². The van der Waals surface area contributed by atoms with E-state index in [1.165, 1.54) is 31.2 Å². The van der Waals surface area contributed by atoms with Crippen molar-refractivity contribution in [3.05, 3.63) is 35.7 Å². The summed E-state index contributed by atoms with van der Waals surface area (Å²) in [5, 5.41) is 7.66. The summed E-state index contributed by atoms with van der Waals surface area (Å²) in [6, 6.07) is 4.63. The van der Waals surface area contributed by atoms with E-state index >= 15 is 0 Å². The number of aromatic nitrogens is 3. The van der Waals surface area contributed by atoms with E-state index in [4.69, 9.17) is 18.9 Å². The van der Waals surface area contributed by atoms with Crippen LogP contribution < -0.4 is 20.3 Å². The SMILES string of the molecule is CCOC(Cn1cc(C(=O)NNC(=O)c2ccc(OC)c(OC)c2)nn1)OCC. The number of hydrogen-bond acceptors (Lipinski definition) is 8. The van der Waals surface area contributed by atoms with Crippen LogP contribution in [0.25, 0.3) is 0 Å². The predicted molar refractivity (Wildman–Crippen MR) is 102 cm³/mol. The molecule has 2 amide bonds. The molecular weight excluding hydrogens is 382 g/mol. The fraction of sp³-hybridized carbons (Fsp3) is 0.444. The van der Waals surface area contributed by atoms with Crippen molar-refractivity contribution >= 4 is 11.8 Å². The Kier molecular flexibility index (Phi) is 8.37. The molecular formula is C18H25N5O6. The molecule has 11 heteroatoms. The van der Waals surface area contributed by atoms with Gasteiger partial charge in [0.05, 0.1) is 27.0 Å². The minimum atomic E-state index is -0.616. The maximum absolute atomic E-state index is 12.2. The van der Waals surface area contributed by atoms with E-state index in [0.29, 0.717) is 24.7 Å². The number of hydrogen-bond donors (Lipinski definition) is 2. The van der Waals surface area contributed by atoms with E-state index in [2.05, 4.69) is 21.2 Å². The fourth-order valence-electron chi connectivity index (χ4n) is 2.40. The summed E-state index contributed by atoms with van der Waals surface area (Å²) in [7, 11) is 2.96. The minimum Gasteiger partial charge on any atom is -0.493 e. The molecule has 0 radical (unpaired) electrons. The van der Waals surface area contributed by atoms with Crippen molar-refractivity contribution in [2.45, 2.75) is 26.7 Å². The Hall–Kier alpha value is -3.18.